The molecular formula is C14H18Cl2N2O3. The number of aryl methyl sites for hydroxylation is 1. The first-order valence-corrected chi connectivity index (χ1v) is 7.32. The summed E-state index contributed by atoms with van der Waals surface area (Å²) in [6.45, 7) is 3.96. The van der Waals surface area contributed by atoms with Crippen LogP contribution in [0.1, 0.15) is 25.3 Å². The van der Waals surface area contributed by atoms with Crippen LogP contribution in [0.2, 0.25) is 10.0 Å². The molecule has 0 heterocycles. The Kier molecular flexibility index (Phi) is 6.78. The van der Waals surface area contributed by atoms with Gasteiger partial charge in [0.1, 0.15) is 0 Å². The Morgan fingerprint density at radius 3 is 2.57 bits per heavy atom. The van der Waals surface area contributed by atoms with Crippen molar-refractivity contribution in [3.63, 3.8) is 0 Å². The van der Waals surface area contributed by atoms with E-state index in [2.05, 4.69) is 10.6 Å². The lowest BCUT2D eigenvalue weighted by atomic mass is 10.0. The second-order valence-electron chi connectivity index (χ2n) is 4.76. The van der Waals surface area contributed by atoms with E-state index in [0.717, 1.165) is 5.56 Å². The van der Waals surface area contributed by atoms with Gasteiger partial charge >= 0.3 is 12.0 Å². The molecule has 1 aromatic rings. The summed E-state index contributed by atoms with van der Waals surface area (Å²) in [5.74, 6) is -0.995. The number of carbonyl (C=O) groups excluding carboxylic acids is 1. The van der Waals surface area contributed by atoms with E-state index in [1.807, 2.05) is 13.8 Å². The van der Waals surface area contributed by atoms with E-state index in [1.54, 1.807) is 12.1 Å². The molecule has 1 rings (SSSR count). The minimum Gasteiger partial charge on any atom is -0.481 e. The molecule has 0 bridgehead atoms. The number of carboxylic acid groups (broad SMARTS) is 1. The molecule has 2 amide bonds. The molecule has 0 spiro atoms. The Labute approximate surface area is 133 Å². The Morgan fingerprint density at radius 1 is 1.33 bits per heavy atom. The van der Waals surface area contributed by atoms with Crippen LogP contribution in [0.5, 0.6) is 0 Å². The number of anilines is 1. The van der Waals surface area contributed by atoms with Gasteiger partial charge in [-0.3, -0.25) is 4.79 Å². The van der Waals surface area contributed by atoms with Crippen molar-refractivity contribution in [2.75, 3.05) is 11.9 Å². The highest BCUT2D eigenvalue weighted by molar-refractivity contribution is 6.40. The van der Waals surface area contributed by atoms with E-state index >= 15 is 0 Å². The normalized spacial score (nSPS) is 11.8. The Bertz CT molecular complexity index is 535. The number of amides is 2. The van der Waals surface area contributed by atoms with E-state index in [1.165, 1.54) is 0 Å². The van der Waals surface area contributed by atoms with Gasteiger partial charge in [-0.25, -0.2) is 4.79 Å². The van der Waals surface area contributed by atoms with Crippen molar-refractivity contribution < 1.29 is 14.7 Å². The largest absolute Gasteiger partial charge is 0.481 e. The smallest absolute Gasteiger partial charge is 0.319 e. The molecule has 21 heavy (non-hydrogen) atoms. The number of hydrogen-bond donors (Lipinski definition) is 3. The summed E-state index contributed by atoms with van der Waals surface area (Å²) in [4.78, 5) is 22.5. The van der Waals surface area contributed by atoms with Crippen LogP contribution >= 0.6 is 23.2 Å². The first-order valence-electron chi connectivity index (χ1n) is 6.56. The Morgan fingerprint density at radius 2 is 2.00 bits per heavy atom. The predicted molar refractivity (Wildman–Crippen MR) is 84.3 cm³/mol. The first kappa shape index (κ1) is 17.6. The van der Waals surface area contributed by atoms with Crippen LogP contribution < -0.4 is 10.6 Å². The fourth-order valence-electron chi connectivity index (χ4n) is 1.77. The van der Waals surface area contributed by atoms with E-state index in [9.17, 15) is 9.59 Å². The van der Waals surface area contributed by atoms with Gasteiger partial charge in [0.25, 0.3) is 0 Å². The summed E-state index contributed by atoms with van der Waals surface area (Å²) in [5.41, 5.74) is 1.15. The van der Waals surface area contributed by atoms with Crippen LogP contribution in [-0.2, 0) is 4.79 Å². The number of rotatable bonds is 6. The highest BCUT2D eigenvalue weighted by atomic mass is 35.5. The van der Waals surface area contributed by atoms with Crippen LogP contribution in [0.3, 0.4) is 0 Å². The van der Waals surface area contributed by atoms with Gasteiger partial charge in [0.05, 0.1) is 15.7 Å². The third-order valence-electron chi connectivity index (χ3n) is 3.11. The van der Waals surface area contributed by atoms with Crippen molar-refractivity contribution in [2.24, 2.45) is 5.92 Å². The predicted octanol–water partition coefficient (Wildman–Crippen LogP) is 3.92. The van der Waals surface area contributed by atoms with Crippen molar-refractivity contribution in [3.05, 3.63) is 27.7 Å². The molecular weight excluding hydrogens is 315 g/mol. The van der Waals surface area contributed by atoms with Crippen molar-refractivity contribution in [1.29, 1.82) is 0 Å². The van der Waals surface area contributed by atoms with Crippen LogP contribution in [0.4, 0.5) is 10.5 Å². The Hall–Kier alpha value is -1.46. The number of hydrogen-bond acceptors (Lipinski definition) is 2. The molecule has 0 saturated heterocycles. The number of halogens is 2. The summed E-state index contributed by atoms with van der Waals surface area (Å²) in [7, 11) is 0. The summed E-state index contributed by atoms with van der Waals surface area (Å²) in [6, 6.07) is 2.94. The lowest BCUT2D eigenvalue weighted by Crippen LogP contribution is -2.33. The van der Waals surface area contributed by atoms with E-state index in [4.69, 9.17) is 28.3 Å². The van der Waals surface area contributed by atoms with Gasteiger partial charge in [0, 0.05) is 13.0 Å². The Balaban J connectivity index is 2.62. The molecule has 0 saturated carbocycles. The lowest BCUT2D eigenvalue weighted by molar-refractivity contribution is -0.138. The molecule has 0 radical (unpaired) electrons. The van der Waals surface area contributed by atoms with Crippen molar-refractivity contribution >= 4 is 40.9 Å². The highest BCUT2D eigenvalue weighted by Gasteiger charge is 2.15. The number of benzene rings is 1. The number of carbonyl (C=O) groups is 2. The van der Waals surface area contributed by atoms with Crippen LogP contribution in [-0.4, -0.2) is 23.7 Å². The molecule has 3 N–H and O–H groups in total. The minimum atomic E-state index is -0.881. The standard InChI is InChI=1S/C14H18Cl2N2O3/c1-3-9(6-11(19)20)7-17-14(21)18-13-10(15)5-4-8(2)12(13)16/h4-5,9H,3,6-7H2,1-2H3,(H,19,20)(H2,17,18,21). The molecule has 0 aliphatic heterocycles. The first-order chi connectivity index (χ1) is 9.85. The van der Waals surface area contributed by atoms with Crippen molar-refractivity contribution in [2.45, 2.75) is 26.7 Å². The molecule has 7 heteroatoms. The maximum absolute atomic E-state index is 11.8. The molecule has 0 fully saturated rings. The molecule has 1 unspecified atom stereocenters. The number of nitrogens with one attached hydrogen (secondary N) is 2. The summed E-state index contributed by atoms with van der Waals surface area (Å²) in [5, 5.41) is 14.7. The molecule has 1 aromatic carbocycles. The average molecular weight is 333 g/mol. The van der Waals surface area contributed by atoms with Gasteiger partial charge < -0.3 is 15.7 Å². The SMILES string of the molecule is CCC(CNC(=O)Nc1c(Cl)ccc(C)c1Cl)CC(=O)O. The van der Waals surface area contributed by atoms with Gasteiger partial charge in [-0.1, -0.05) is 42.6 Å². The third-order valence-corrected chi connectivity index (χ3v) is 3.92. The van der Waals surface area contributed by atoms with Gasteiger partial charge in [-0.2, -0.15) is 0 Å². The number of carboxylic acids is 1. The zero-order chi connectivity index (χ0) is 16.0. The second kappa shape index (κ2) is 8.10. The number of aliphatic carboxylic acids is 1. The molecule has 0 aliphatic rings. The quantitative estimate of drug-likeness (QED) is 0.738. The maximum Gasteiger partial charge on any atom is 0.319 e. The fourth-order valence-corrected chi connectivity index (χ4v) is 2.24. The van der Waals surface area contributed by atoms with Crippen LogP contribution in [0.15, 0.2) is 12.1 Å². The maximum atomic E-state index is 11.8. The van der Waals surface area contributed by atoms with E-state index in [-0.39, 0.29) is 18.9 Å². The minimum absolute atomic E-state index is 0.0166. The molecule has 5 nitrogen and oxygen atoms in total. The summed E-state index contributed by atoms with van der Waals surface area (Å²) < 4.78 is 0. The average Bonchev–Trinajstić information content (AvgIpc) is 2.43. The van der Waals surface area contributed by atoms with E-state index < -0.39 is 12.0 Å². The third kappa shape index (κ3) is 5.44. The summed E-state index contributed by atoms with van der Waals surface area (Å²) >= 11 is 12.1. The molecule has 116 valence electrons. The van der Waals surface area contributed by atoms with Crippen LogP contribution in [0.25, 0.3) is 0 Å². The van der Waals surface area contributed by atoms with Gasteiger partial charge in [0.2, 0.25) is 0 Å². The number of urea groups is 1. The zero-order valence-corrected chi connectivity index (χ0v) is 13.4. The molecule has 0 aromatic heterocycles. The van der Waals surface area contributed by atoms with Gasteiger partial charge in [-0.15, -0.1) is 0 Å². The second-order valence-corrected chi connectivity index (χ2v) is 5.55. The summed E-state index contributed by atoms with van der Waals surface area (Å²) in [6.07, 6.45) is 0.682. The molecule has 0 aliphatic carbocycles. The topological polar surface area (TPSA) is 78.4 Å². The van der Waals surface area contributed by atoms with Crippen molar-refractivity contribution in [3.8, 4) is 0 Å². The lowest BCUT2D eigenvalue weighted by Gasteiger charge is -2.15. The van der Waals surface area contributed by atoms with Crippen LogP contribution in [0, 0.1) is 12.8 Å². The highest BCUT2D eigenvalue weighted by Crippen LogP contribution is 2.32. The fraction of sp³-hybridized carbons (Fsp3) is 0.429. The monoisotopic (exact) mass is 332 g/mol. The van der Waals surface area contributed by atoms with E-state index in [0.29, 0.717) is 22.2 Å². The zero-order valence-electron chi connectivity index (χ0n) is 11.9. The van der Waals surface area contributed by atoms with Gasteiger partial charge in [0.15, 0.2) is 0 Å². The van der Waals surface area contributed by atoms with Gasteiger partial charge in [-0.05, 0) is 24.5 Å². The molecule has 1 atom stereocenters. The van der Waals surface area contributed by atoms with Crippen molar-refractivity contribution in [1.82, 2.24) is 5.32 Å².